The number of amides is 2. The van der Waals surface area contributed by atoms with Crippen LogP contribution < -0.4 is 16.4 Å². The Kier molecular flexibility index (Phi) is 5.74. The Balaban J connectivity index is 3.78. The first-order valence-corrected chi connectivity index (χ1v) is 5.34. The minimum absolute atomic E-state index is 0.0174. The summed E-state index contributed by atoms with van der Waals surface area (Å²) in [7, 11) is 0. The number of hydrogen-bond donors (Lipinski definition) is 3. The number of alkyl halides is 3. The van der Waals surface area contributed by atoms with Gasteiger partial charge in [-0.1, -0.05) is 20.8 Å². The number of urea groups is 1. The van der Waals surface area contributed by atoms with Gasteiger partial charge in [0.1, 0.15) is 6.54 Å². The van der Waals surface area contributed by atoms with Crippen LogP contribution >= 0.6 is 0 Å². The van der Waals surface area contributed by atoms with Crippen molar-refractivity contribution in [2.75, 3.05) is 13.1 Å². The topological polar surface area (TPSA) is 67.1 Å². The molecule has 0 aliphatic heterocycles. The van der Waals surface area contributed by atoms with Crippen LogP contribution in [0.4, 0.5) is 18.0 Å². The second-order valence-corrected chi connectivity index (χ2v) is 5.20. The van der Waals surface area contributed by atoms with E-state index in [1.165, 1.54) is 0 Å². The van der Waals surface area contributed by atoms with Crippen molar-refractivity contribution in [2.45, 2.75) is 39.4 Å². The van der Waals surface area contributed by atoms with E-state index in [0.29, 0.717) is 6.42 Å². The van der Waals surface area contributed by atoms with Crippen molar-refractivity contribution < 1.29 is 18.0 Å². The van der Waals surface area contributed by atoms with Crippen LogP contribution in [0, 0.1) is 5.41 Å². The second-order valence-electron chi connectivity index (χ2n) is 5.20. The predicted molar refractivity (Wildman–Crippen MR) is 59.5 cm³/mol. The average Bonchev–Trinajstić information content (AvgIpc) is 2.07. The fourth-order valence-corrected chi connectivity index (χ4v) is 1.33. The van der Waals surface area contributed by atoms with Gasteiger partial charge in [0, 0.05) is 12.6 Å². The zero-order chi connectivity index (χ0) is 13.7. The number of carbonyl (C=O) groups is 1. The molecule has 0 aromatic rings. The van der Waals surface area contributed by atoms with Crippen LogP contribution in [0.5, 0.6) is 0 Å². The molecular weight excluding hydrogens is 235 g/mol. The molecule has 102 valence electrons. The van der Waals surface area contributed by atoms with Crippen molar-refractivity contribution in [2.24, 2.45) is 11.1 Å². The number of carbonyl (C=O) groups excluding carboxylic acids is 1. The maximum atomic E-state index is 11.8. The van der Waals surface area contributed by atoms with Crippen molar-refractivity contribution in [3.63, 3.8) is 0 Å². The Morgan fingerprint density at radius 3 is 2.18 bits per heavy atom. The molecule has 0 radical (unpaired) electrons. The number of rotatable bonds is 4. The Bertz CT molecular complexity index is 248. The monoisotopic (exact) mass is 255 g/mol. The minimum Gasteiger partial charge on any atom is -0.337 e. The largest absolute Gasteiger partial charge is 0.405 e. The van der Waals surface area contributed by atoms with Crippen molar-refractivity contribution in [3.8, 4) is 0 Å². The fraction of sp³-hybridized carbons (Fsp3) is 0.900. The molecule has 0 aromatic heterocycles. The first kappa shape index (κ1) is 16.0. The molecule has 4 nitrogen and oxygen atoms in total. The molecule has 7 heteroatoms. The Labute approximate surface area is 99.1 Å². The minimum atomic E-state index is -4.40. The molecule has 0 aliphatic carbocycles. The molecule has 0 fully saturated rings. The molecule has 0 heterocycles. The number of nitrogens with one attached hydrogen (secondary N) is 2. The maximum absolute atomic E-state index is 11.8. The van der Waals surface area contributed by atoms with Crippen molar-refractivity contribution in [3.05, 3.63) is 0 Å². The van der Waals surface area contributed by atoms with Gasteiger partial charge in [-0.3, -0.25) is 0 Å². The third-order valence-electron chi connectivity index (χ3n) is 1.85. The summed E-state index contributed by atoms with van der Waals surface area (Å²) in [6.45, 7) is 4.80. The van der Waals surface area contributed by atoms with E-state index in [-0.39, 0.29) is 18.0 Å². The number of hydrogen-bond acceptors (Lipinski definition) is 2. The average molecular weight is 255 g/mol. The van der Waals surface area contributed by atoms with Crippen LogP contribution in [0.3, 0.4) is 0 Å². The van der Waals surface area contributed by atoms with Gasteiger partial charge in [0.25, 0.3) is 0 Å². The summed E-state index contributed by atoms with van der Waals surface area (Å²) >= 11 is 0. The van der Waals surface area contributed by atoms with Gasteiger partial charge in [0.2, 0.25) is 0 Å². The Morgan fingerprint density at radius 1 is 1.24 bits per heavy atom. The summed E-state index contributed by atoms with van der Waals surface area (Å²) in [6, 6.07) is -1.13. The lowest BCUT2D eigenvalue weighted by molar-refractivity contribution is -0.122. The summed E-state index contributed by atoms with van der Waals surface area (Å²) in [5.74, 6) is 0. The lowest BCUT2D eigenvalue weighted by Crippen LogP contribution is -2.45. The Hall–Kier alpha value is -0.980. The molecule has 0 saturated carbocycles. The maximum Gasteiger partial charge on any atom is 0.405 e. The van der Waals surface area contributed by atoms with E-state index in [0.717, 1.165) is 0 Å². The molecule has 0 saturated heterocycles. The molecule has 0 spiro atoms. The summed E-state index contributed by atoms with van der Waals surface area (Å²) < 4.78 is 35.3. The van der Waals surface area contributed by atoms with Crippen LogP contribution in [0.25, 0.3) is 0 Å². The molecule has 0 aromatic carbocycles. The molecule has 1 unspecified atom stereocenters. The summed E-state index contributed by atoms with van der Waals surface area (Å²) in [5.41, 5.74) is 5.74. The first-order chi connectivity index (χ1) is 7.49. The highest BCUT2D eigenvalue weighted by Gasteiger charge is 2.27. The molecule has 0 rings (SSSR count). The van der Waals surface area contributed by atoms with E-state index in [1.807, 2.05) is 20.8 Å². The highest BCUT2D eigenvalue weighted by Crippen LogP contribution is 2.19. The van der Waals surface area contributed by atoms with Gasteiger partial charge >= 0.3 is 12.2 Å². The van der Waals surface area contributed by atoms with Gasteiger partial charge in [-0.2, -0.15) is 13.2 Å². The van der Waals surface area contributed by atoms with Gasteiger partial charge < -0.3 is 16.4 Å². The van der Waals surface area contributed by atoms with Crippen LogP contribution in [0.15, 0.2) is 0 Å². The van der Waals surface area contributed by atoms with Crippen LogP contribution in [0.2, 0.25) is 0 Å². The van der Waals surface area contributed by atoms with Gasteiger partial charge in [-0.05, 0) is 11.8 Å². The quantitative estimate of drug-likeness (QED) is 0.714. The van der Waals surface area contributed by atoms with Gasteiger partial charge in [-0.15, -0.1) is 0 Å². The smallest absolute Gasteiger partial charge is 0.337 e. The lowest BCUT2D eigenvalue weighted by Gasteiger charge is -2.23. The van der Waals surface area contributed by atoms with E-state index in [9.17, 15) is 18.0 Å². The molecule has 2 amide bonds. The third-order valence-corrected chi connectivity index (χ3v) is 1.85. The second kappa shape index (κ2) is 6.09. The highest BCUT2D eigenvalue weighted by molar-refractivity contribution is 5.73. The summed E-state index contributed by atoms with van der Waals surface area (Å²) in [4.78, 5) is 11.0. The standard InChI is InChI=1S/C10H20F3N3O/c1-9(2,3)4-7(14)5-15-8(17)16-6-10(11,12)13/h7H,4-6,14H2,1-3H3,(H2,15,16,17). The van der Waals surface area contributed by atoms with E-state index in [2.05, 4.69) is 5.32 Å². The third kappa shape index (κ3) is 11.3. The van der Waals surface area contributed by atoms with Crippen LogP contribution in [0.1, 0.15) is 27.2 Å². The van der Waals surface area contributed by atoms with Gasteiger partial charge in [0.05, 0.1) is 0 Å². The van der Waals surface area contributed by atoms with Gasteiger partial charge in [0.15, 0.2) is 0 Å². The predicted octanol–water partition coefficient (Wildman–Crippen LogP) is 1.61. The molecule has 17 heavy (non-hydrogen) atoms. The van der Waals surface area contributed by atoms with E-state index >= 15 is 0 Å². The van der Waals surface area contributed by atoms with E-state index in [4.69, 9.17) is 5.73 Å². The Morgan fingerprint density at radius 2 is 1.76 bits per heavy atom. The van der Waals surface area contributed by atoms with Crippen LogP contribution in [-0.2, 0) is 0 Å². The SMILES string of the molecule is CC(C)(C)CC(N)CNC(=O)NCC(F)(F)F. The number of halogens is 3. The van der Waals surface area contributed by atoms with E-state index < -0.39 is 18.8 Å². The van der Waals surface area contributed by atoms with E-state index in [1.54, 1.807) is 5.32 Å². The van der Waals surface area contributed by atoms with Crippen LogP contribution in [-0.4, -0.2) is 31.3 Å². The summed E-state index contributed by atoms with van der Waals surface area (Å²) in [5, 5.41) is 4.01. The normalized spacial score (nSPS) is 14.3. The zero-order valence-electron chi connectivity index (χ0n) is 10.3. The lowest BCUT2D eigenvalue weighted by atomic mass is 9.88. The highest BCUT2D eigenvalue weighted by atomic mass is 19.4. The molecule has 4 N–H and O–H groups in total. The molecule has 1 atom stereocenters. The number of nitrogens with two attached hydrogens (primary N) is 1. The molecular formula is C10H20F3N3O. The zero-order valence-corrected chi connectivity index (χ0v) is 10.3. The van der Waals surface area contributed by atoms with Crippen molar-refractivity contribution in [1.82, 2.24) is 10.6 Å². The fourth-order valence-electron chi connectivity index (χ4n) is 1.33. The molecule has 0 bridgehead atoms. The van der Waals surface area contributed by atoms with Crippen molar-refractivity contribution in [1.29, 1.82) is 0 Å². The molecule has 0 aliphatic rings. The summed E-state index contributed by atoms with van der Waals surface area (Å²) in [6.07, 6.45) is -3.72. The first-order valence-electron chi connectivity index (χ1n) is 5.34. The van der Waals surface area contributed by atoms with Gasteiger partial charge in [-0.25, -0.2) is 4.79 Å². The van der Waals surface area contributed by atoms with Crippen molar-refractivity contribution >= 4 is 6.03 Å².